The average Bonchev–Trinajstić information content (AvgIpc) is 3.09. The maximum absolute atomic E-state index is 12.6. The van der Waals surface area contributed by atoms with Crippen molar-refractivity contribution in [3.63, 3.8) is 0 Å². The van der Waals surface area contributed by atoms with E-state index in [1.54, 1.807) is 5.38 Å². The SMILES string of the molecule is COCC1=C(C(=O)O)N2C(=O)[C@@H](NC(=O)C(=NOC)c3csc(N)n3)[C@H]2SC1.[KH]. The molecule has 0 saturated carbocycles. The van der Waals surface area contributed by atoms with Gasteiger partial charge in [-0.2, -0.15) is 0 Å². The number of fused-ring (bicyclic) bond motifs is 1. The molecule has 3 heterocycles. The van der Waals surface area contributed by atoms with Crippen LogP contribution in [-0.4, -0.2) is 128 Å². The number of ether oxygens (including phenoxy) is 1. The normalized spacial score (nSPS) is 21.1. The third-order valence-corrected chi connectivity index (χ3v) is 6.03. The quantitative estimate of drug-likeness (QED) is 0.194. The van der Waals surface area contributed by atoms with Crippen molar-refractivity contribution in [2.24, 2.45) is 5.16 Å². The summed E-state index contributed by atoms with van der Waals surface area (Å²) in [4.78, 5) is 46.7. The molecule has 2 amide bonds. The maximum atomic E-state index is 12.6. The van der Waals surface area contributed by atoms with E-state index in [-0.39, 0.29) is 80.2 Å². The topological polar surface area (TPSA) is 156 Å². The molecule has 4 N–H and O–H groups in total. The molecule has 0 radical (unpaired) electrons. The zero-order chi connectivity index (χ0) is 20.4. The molecule has 0 unspecified atom stereocenters. The summed E-state index contributed by atoms with van der Waals surface area (Å²) in [6, 6.07) is -0.894. The van der Waals surface area contributed by atoms with Crippen LogP contribution in [0.15, 0.2) is 21.8 Å². The van der Waals surface area contributed by atoms with E-state index in [4.69, 9.17) is 15.3 Å². The van der Waals surface area contributed by atoms with Gasteiger partial charge in [-0.3, -0.25) is 14.5 Å². The van der Waals surface area contributed by atoms with Gasteiger partial charge in [0.25, 0.3) is 11.8 Å². The van der Waals surface area contributed by atoms with Crippen molar-refractivity contribution in [1.82, 2.24) is 15.2 Å². The van der Waals surface area contributed by atoms with E-state index in [2.05, 4.69) is 15.5 Å². The number of nitrogen functional groups attached to an aromatic ring is 1. The van der Waals surface area contributed by atoms with E-state index in [9.17, 15) is 19.5 Å². The summed E-state index contributed by atoms with van der Waals surface area (Å²) in [5.74, 6) is -2.03. The Labute approximate surface area is 216 Å². The summed E-state index contributed by atoms with van der Waals surface area (Å²) in [6.45, 7) is 0.109. The second-order valence-corrected chi connectivity index (χ2v) is 7.74. The molecule has 2 aliphatic heterocycles. The molecule has 2 aliphatic rings. The number of aromatic nitrogens is 1. The molecule has 0 spiro atoms. The molecule has 0 bridgehead atoms. The Balaban J connectivity index is 0.00000300. The Morgan fingerprint density at radius 2 is 2.21 bits per heavy atom. The van der Waals surface area contributed by atoms with Gasteiger partial charge in [0.1, 0.15) is 29.9 Å². The summed E-state index contributed by atoms with van der Waals surface area (Å²) in [5, 5.41) is 17.0. The molecule has 2 atom stereocenters. The van der Waals surface area contributed by atoms with E-state index < -0.39 is 29.2 Å². The third-order valence-electron chi connectivity index (χ3n) is 4.02. The zero-order valence-electron chi connectivity index (χ0n) is 14.9. The predicted octanol–water partition coefficient (Wildman–Crippen LogP) is -1.19. The molecule has 29 heavy (non-hydrogen) atoms. The number of oxime groups is 1. The van der Waals surface area contributed by atoms with Crippen LogP contribution < -0.4 is 11.1 Å². The van der Waals surface area contributed by atoms with Gasteiger partial charge in [-0.15, -0.1) is 23.1 Å². The monoisotopic (exact) mass is 467 g/mol. The number of anilines is 1. The van der Waals surface area contributed by atoms with Crippen molar-refractivity contribution in [2.75, 3.05) is 32.3 Å². The van der Waals surface area contributed by atoms with Gasteiger partial charge in [0.2, 0.25) is 0 Å². The van der Waals surface area contributed by atoms with Crippen LogP contribution in [0.4, 0.5) is 5.13 Å². The second kappa shape index (κ2) is 10.3. The molecule has 1 fully saturated rings. The van der Waals surface area contributed by atoms with Crippen LogP contribution in [0.25, 0.3) is 0 Å². The number of carbonyl (C=O) groups excluding carboxylic acids is 2. The van der Waals surface area contributed by atoms with Gasteiger partial charge in [-0.1, -0.05) is 5.16 Å². The fourth-order valence-electron chi connectivity index (χ4n) is 2.87. The minimum atomic E-state index is -1.21. The molecule has 3 rings (SSSR count). The van der Waals surface area contributed by atoms with E-state index >= 15 is 0 Å². The number of thioether (sulfide) groups is 1. The second-order valence-electron chi connectivity index (χ2n) is 5.74. The molecule has 152 valence electrons. The number of aliphatic carboxylic acids is 1. The van der Waals surface area contributed by atoms with Gasteiger partial charge in [0.15, 0.2) is 10.8 Å². The van der Waals surface area contributed by atoms with Crippen molar-refractivity contribution >= 4 is 103 Å². The van der Waals surface area contributed by atoms with E-state index in [1.807, 2.05) is 0 Å². The average molecular weight is 468 g/mol. The number of amides is 2. The number of rotatable bonds is 7. The Morgan fingerprint density at radius 1 is 1.48 bits per heavy atom. The van der Waals surface area contributed by atoms with Gasteiger partial charge in [-0.25, -0.2) is 9.78 Å². The molecule has 1 aromatic rings. The molecule has 0 aromatic carbocycles. The van der Waals surface area contributed by atoms with Crippen molar-refractivity contribution in [1.29, 1.82) is 0 Å². The molecule has 14 heteroatoms. The van der Waals surface area contributed by atoms with Crippen LogP contribution in [0.5, 0.6) is 0 Å². The number of nitrogens with two attached hydrogens (primary N) is 1. The molecule has 1 aromatic heterocycles. The van der Waals surface area contributed by atoms with E-state index in [1.165, 1.54) is 30.9 Å². The van der Waals surface area contributed by atoms with Crippen LogP contribution in [0.3, 0.4) is 0 Å². The Hall–Kier alpha value is -1.00. The number of carbonyl (C=O) groups is 3. The molecule has 0 aliphatic carbocycles. The summed E-state index contributed by atoms with van der Waals surface area (Å²) in [6.07, 6.45) is 0. The van der Waals surface area contributed by atoms with Crippen LogP contribution >= 0.6 is 23.1 Å². The minimum absolute atomic E-state index is 0. The zero-order valence-corrected chi connectivity index (χ0v) is 16.5. The number of methoxy groups -OCH3 is 1. The number of hydrogen-bond donors (Lipinski definition) is 3. The standard InChI is InChI=1S/C15H17N5O6S2.K.H/c1-25-3-6-4-27-13-9(12(22)20(13)10(6)14(23)24)18-11(21)8(19-26-2)7-5-28-15(16)17-7;;/h5,9,13H,3-4H2,1-2H3,(H2,16,17)(H,18,21)(H,23,24);;/t9-,13-;;/m1../s1. The Kier molecular flexibility index (Phi) is 8.66. The summed E-state index contributed by atoms with van der Waals surface area (Å²) in [7, 11) is 2.73. The van der Waals surface area contributed by atoms with Crippen LogP contribution in [0.1, 0.15) is 5.69 Å². The van der Waals surface area contributed by atoms with Crippen molar-refractivity contribution in [3.8, 4) is 0 Å². The van der Waals surface area contributed by atoms with Crippen LogP contribution in [0, 0.1) is 0 Å². The van der Waals surface area contributed by atoms with Gasteiger partial charge >= 0.3 is 57.4 Å². The van der Waals surface area contributed by atoms with Crippen molar-refractivity contribution < 1.29 is 29.1 Å². The summed E-state index contributed by atoms with van der Waals surface area (Å²) >= 11 is 2.47. The van der Waals surface area contributed by atoms with Gasteiger partial charge in [0, 0.05) is 18.2 Å². The molecular formula is C15H18KN5O6S2. The van der Waals surface area contributed by atoms with Crippen LogP contribution in [0.2, 0.25) is 0 Å². The number of carboxylic acid groups (broad SMARTS) is 1. The predicted molar refractivity (Wildman–Crippen MR) is 109 cm³/mol. The number of nitrogens with zero attached hydrogens (tertiary/aromatic N) is 3. The molecule has 1 saturated heterocycles. The molecular weight excluding hydrogens is 449 g/mol. The number of β-lactam (4-membered cyclic amide) rings is 1. The number of carboxylic acids is 1. The van der Waals surface area contributed by atoms with Gasteiger partial charge in [0.05, 0.1) is 6.61 Å². The number of thiazole rings is 1. The first-order chi connectivity index (χ1) is 13.4. The third kappa shape index (κ3) is 4.85. The van der Waals surface area contributed by atoms with Crippen molar-refractivity contribution in [2.45, 2.75) is 11.4 Å². The van der Waals surface area contributed by atoms with Gasteiger partial charge < -0.3 is 25.7 Å². The summed E-state index contributed by atoms with van der Waals surface area (Å²) in [5.41, 5.74) is 6.09. The van der Waals surface area contributed by atoms with Crippen molar-refractivity contribution in [3.05, 3.63) is 22.3 Å². The Bertz CT molecular complexity index is 888. The van der Waals surface area contributed by atoms with E-state index in [0.29, 0.717) is 11.3 Å². The molecule has 11 nitrogen and oxygen atoms in total. The first-order valence-corrected chi connectivity index (χ1v) is 9.84. The number of nitrogens with one attached hydrogen (secondary N) is 1. The Morgan fingerprint density at radius 3 is 2.76 bits per heavy atom. The fraction of sp³-hybridized carbons (Fsp3) is 0.400. The van der Waals surface area contributed by atoms with Crippen LogP contribution in [-0.2, 0) is 24.0 Å². The number of hydrogen-bond acceptors (Lipinski definition) is 10. The van der Waals surface area contributed by atoms with E-state index in [0.717, 1.165) is 11.3 Å². The first-order valence-electron chi connectivity index (χ1n) is 7.91. The summed E-state index contributed by atoms with van der Waals surface area (Å²) < 4.78 is 5.02. The first kappa shape index (κ1) is 24.3. The fourth-order valence-corrected chi connectivity index (χ4v) is 4.75. The van der Waals surface area contributed by atoms with Gasteiger partial charge in [-0.05, 0) is 5.57 Å².